The molecule has 0 aromatic heterocycles. The Morgan fingerprint density at radius 3 is 2.00 bits per heavy atom. The van der Waals surface area contributed by atoms with E-state index >= 15 is 0 Å². The van der Waals surface area contributed by atoms with E-state index in [1.165, 1.54) is 0 Å². The summed E-state index contributed by atoms with van der Waals surface area (Å²) < 4.78 is 15.7. The summed E-state index contributed by atoms with van der Waals surface area (Å²) in [6.45, 7) is 8.21. The van der Waals surface area contributed by atoms with Crippen LogP contribution in [-0.4, -0.2) is 38.4 Å². The van der Waals surface area contributed by atoms with E-state index in [0.717, 1.165) is 6.42 Å². The minimum atomic E-state index is -3.44. The molecule has 1 N–H and O–H groups in total. The van der Waals surface area contributed by atoms with Gasteiger partial charge in [0.05, 0.1) is 6.10 Å². The minimum Gasteiger partial charge on any atom is -0.367 e. The average molecular weight is 254 g/mol. The molecule has 2 atom stereocenters. The van der Waals surface area contributed by atoms with Gasteiger partial charge in [0.25, 0.3) is 0 Å². The summed E-state index contributed by atoms with van der Waals surface area (Å²) in [5.41, 5.74) is 0. The van der Waals surface area contributed by atoms with Crippen molar-refractivity contribution in [1.29, 1.82) is 0 Å². The molecule has 0 fully saturated rings. The molecule has 0 radical (unpaired) electrons. The van der Waals surface area contributed by atoms with Crippen LogP contribution in [0.5, 0.6) is 0 Å². The molecule has 0 aliphatic heterocycles. The maximum Gasteiger partial charge on any atom is 0.677 e. The Hall–Kier alpha value is 0.407. The molecule has 6 heteroatoms. The van der Waals surface area contributed by atoms with Crippen LogP contribution in [0, 0.1) is 0 Å². The Morgan fingerprint density at radius 2 is 1.67 bits per heavy atom. The Labute approximate surface area is 98.8 Å². The quantitative estimate of drug-likeness (QED) is 0.510. The van der Waals surface area contributed by atoms with Crippen LogP contribution in [0.1, 0.15) is 34.1 Å². The van der Waals surface area contributed by atoms with Gasteiger partial charge in [0.15, 0.2) is 0 Å². The highest BCUT2D eigenvalue weighted by Gasteiger charge is 2.43. The van der Waals surface area contributed by atoms with Gasteiger partial charge >= 0.3 is 9.05 Å². The number of hydrogen-bond donors (Lipinski definition) is 2. The monoisotopic (exact) mass is 254 g/mol. The van der Waals surface area contributed by atoms with E-state index in [2.05, 4.69) is 12.6 Å². The second-order valence-electron chi connectivity index (χ2n) is 3.19. The first-order chi connectivity index (χ1) is 6.99. The van der Waals surface area contributed by atoms with Gasteiger partial charge < -0.3 is 18.1 Å². The van der Waals surface area contributed by atoms with Crippen molar-refractivity contribution in [2.24, 2.45) is 0 Å². The summed E-state index contributed by atoms with van der Waals surface area (Å²) in [7, 11) is -3.44. The zero-order valence-electron chi connectivity index (χ0n) is 9.90. The highest BCUT2D eigenvalue weighted by molar-refractivity contribution is 7.81. The number of thiol groups is 1. The van der Waals surface area contributed by atoms with Crippen LogP contribution in [0.2, 0.25) is 0 Å². The Balaban J connectivity index is 4.26. The maximum absolute atomic E-state index is 9.96. The molecule has 0 amide bonds. The molecule has 0 aromatic carbocycles. The highest BCUT2D eigenvalue weighted by atomic mass is 32.1. The van der Waals surface area contributed by atoms with Gasteiger partial charge in [-0.2, -0.15) is 12.6 Å². The zero-order chi connectivity index (χ0) is 11.9. The van der Waals surface area contributed by atoms with Crippen LogP contribution >= 0.6 is 12.6 Å². The highest BCUT2D eigenvalue weighted by Crippen LogP contribution is 2.16. The molecule has 0 spiro atoms. The van der Waals surface area contributed by atoms with E-state index < -0.39 is 9.05 Å². The second kappa shape index (κ2) is 7.64. The van der Waals surface area contributed by atoms with Crippen molar-refractivity contribution >= 4 is 21.7 Å². The number of rotatable bonds is 8. The predicted molar refractivity (Wildman–Crippen MR) is 64.8 cm³/mol. The SMILES string of the molecule is CCO[Si](O)(OCC)OC(C)C(S)CC. The van der Waals surface area contributed by atoms with Gasteiger partial charge in [-0.3, -0.25) is 0 Å². The van der Waals surface area contributed by atoms with Gasteiger partial charge in [0.2, 0.25) is 0 Å². The molecule has 0 aliphatic carbocycles. The molecule has 0 saturated heterocycles. The third kappa shape index (κ3) is 5.89. The van der Waals surface area contributed by atoms with Gasteiger partial charge in [-0.15, -0.1) is 0 Å². The van der Waals surface area contributed by atoms with E-state index in [0.29, 0.717) is 13.2 Å². The lowest BCUT2D eigenvalue weighted by atomic mass is 10.2. The van der Waals surface area contributed by atoms with Gasteiger partial charge in [-0.25, -0.2) is 0 Å². The molecule has 0 heterocycles. The van der Waals surface area contributed by atoms with Crippen molar-refractivity contribution in [3.8, 4) is 0 Å². The van der Waals surface area contributed by atoms with Crippen LogP contribution in [0.3, 0.4) is 0 Å². The third-order valence-electron chi connectivity index (χ3n) is 1.95. The van der Waals surface area contributed by atoms with Crippen LogP contribution in [0.4, 0.5) is 0 Å². The van der Waals surface area contributed by atoms with Crippen molar-refractivity contribution in [2.45, 2.75) is 45.5 Å². The van der Waals surface area contributed by atoms with Crippen LogP contribution in [0.25, 0.3) is 0 Å². The Kier molecular flexibility index (Phi) is 7.85. The van der Waals surface area contributed by atoms with E-state index in [-0.39, 0.29) is 11.4 Å². The van der Waals surface area contributed by atoms with Gasteiger partial charge in [-0.1, -0.05) is 6.92 Å². The Bertz CT molecular complexity index is 164. The molecule has 0 saturated carbocycles. The average Bonchev–Trinajstić information content (AvgIpc) is 2.16. The van der Waals surface area contributed by atoms with Crippen molar-refractivity contribution < 1.29 is 18.1 Å². The standard InChI is InChI=1S/C9H22O4SSi/c1-5-9(14)8(4)13-15(10,11-6-2)12-7-3/h8-10,14H,5-7H2,1-4H3. The fourth-order valence-electron chi connectivity index (χ4n) is 1.12. The first-order valence-electron chi connectivity index (χ1n) is 5.35. The normalized spacial score (nSPS) is 16.4. The third-order valence-corrected chi connectivity index (χ3v) is 4.71. The first-order valence-corrected chi connectivity index (χ1v) is 7.54. The second-order valence-corrected chi connectivity index (χ2v) is 5.71. The van der Waals surface area contributed by atoms with Gasteiger partial charge in [0, 0.05) is 18.5 Å². The maximum atomic E-state index is 9.96. The summed E-state index contributed by atoms with van der Waals surface area (Å²) in [5, 5.41) is 0.0740. The van der Waals surface area contributed by atoms with Crippen LogP contribution in [0.15, 0.2) is 0 Å². The molecule has 92 valence electrons. The number of hydrogen-bond acceptors (Lipinski definition) is 5. The van der Waals surface area contributed by atoms with Crippen molar-refractivity contribution in [2.75, 3.05) is 13.2 Å². The summed E-state index contributed by atoms with van der Waals surface area (Å²) in [5.74, 6) is 0. The molecule has 4 nitrogen and oxygen atoms in total. The fraction of sp³-hybridized carbons (Fsp3) is 1.00. The lowest BCUT2D eigenvalue weighted by Crippen LogP contribution is -2.49. The summed E-state index contributed by atoms with van der Waals surface area (Å²) in [6.07, 6.45) is 0.681. The smallest absolute Gasteiger partial charge is 0.367 e. The minimum absolute atomic E-state index is 0.0740. The summed E-state index contributed by atoms with van der Waals surface area (Å²) in [6, 6.07) is 0. The molecular weight excluding hydrogens is 232 g/mol. The molecule has 2 unspecified atom stereocenters. The van der Waals surface area contributed by atoms with Crippen molar-refractivity contribution in [3.63, 3.8) is 0 Å². The fourth-order valence-corrected chi connectivity index (χ4v) is 2.88. The van der Waals surface area contributed by atoms with E-state index in [1.807, 2.05) is 13.8 Å². The molecule has 15 heavy (non-hydrogen) atoms. The summed E-state index contributed by atoms with van der Waals surface area (Å²) in [4.78, 5) is 9.96. The van der Waals surface area contributed by atoms with Crippen LogP contribution in [-0.2, 0) is 13.3 Å². The van der Waals surface area contributed by atoms with E-state index in [4.69, 9.17) is 13.3 Å². The van der Waals surface area contributed by atoms with Gasteiger partial charge in [-0.05, 0) is 27.2 Å². The predicted octanol–water partition coefficient (Wildman–Crippen LogP) is 1.60. The van der Waals surface area contributed by atoms with Crippen molar-refractivity contribution in [3.05, 3.63) is 0 Å². The zero-order valence-corrected chi connectivity index (χ0v) is 11.8. The van der Waals surface area contributed by atoms with Crippen LogP contribution < -0.4 is 0 Å². The molecule has 0 aromatic rings. The molecular formula is C9H22O4SSi. The first kappa shape index (κ1) is 15.4. The van der Waals surface area contributed by atoms with Gasteiger partial charge in [0.1, 0.15) is 0 Å². The molecule has 0 aliphatic rings. The lowest BCUT2D eigenvalue weighted by molar-refractivity contribution is -0.0241. The molecule has 0 bridgehead atoms. The topological polar surface area (TPSA) is 47.9 Å². The van der Waals surface area contributed by atoms with E-state index in [9.17, 15) is 4.80 Å². The lowest BCUT2D eigenvalue weighted by Gasteiger charge is -2.27. The molecule has 0 rings (SSSR count). The summed E-state index contributed by atoms with van der Waals surface area (Å²) >= 11 is 4.35. The Morgan fingerprint density at radius 1 is 1.20 bits per heavy atom. The van der Waals surface area contributed by atoms with Crippen molar-refractivity contribution in [1.82, 2.24) is 0 Å². The van der Waals surface area contributed by atoms with E-state index in [1.54, 1.807) is 13.8 Å². The largest absolute Gasteiger partial charge is 0.677 e.